The first-order chi connectivity index (χ1) is 7.64. The van der Waals surface area contributed by atoms with Gasteiger partial charge in [-0.3, -0.25) is 0 Å². The van der Waals surface area contributed by atoms with Crippen LogP contribution in [0.25, 0.3) is 0 Å². The van der Waals surface area contributed by atoms with E-state index in [2.05, 4.69) is 19.2 Å². The van der Waals surface area contributed by atoms with Gasteiger partial charge in [0, 0.05) is 12.6 Å². The molecule has 0 radical (unpaired) electrons. The Morgan fingerprint density at radius 1 is 1.19 bits per heavy atom. The highest BCUT2D eigenvalue weighted by Gasteiger charge is 2.45. The van der Waals surface area contributed by atoms with E-state index in [4.69, 9.17) is 0 Å². The zero-order valence-electron chi connectivity index (χ0n) is 10.8. The van der Waals surface area contributed by atoms with Crippen molar-refractivity contribution < 1.29 is 5.11 Å². The molecule has 0 aromatic rings. The molecule has 2 fully saturated rings. The third-order valence-corrected chi connectivity index (χ3v) is 4.81. The van der Waals surface area contributed by atoms with Crippen LogP contribution in [0.2, 0.25) is 0 Å². The first-order valence-corrected chi connectivity index (χ1v) is 7.05. The number of rotatable bonds is 4. The number of nitrogens with one attached hydrogen (secondary N) is 1. The fourth-order valence-corrected chi connectivity index (χ4v) is 2.98. The summed E-state index contributed by atoms with van der Waals surface area (Å²) in [6, 6.07) is 0.360. The van der Waals surface area contributed by atoms with Gasteiger partial charge >= 0.3 is 0 Å². The maximum absolute atomic E-state index is 10.0. The number of aliphatic hydroxyl groups excluding tert-OH is 1. The molecule has 2 rings (SSSR count). The summed E-state index contributed by atoms with van der Waals surface area (Å²) in [7, 11) is 0. The summed E-state index contributed by atoms with van der Waals surface area (Å²) in [5, 5.41) is 13.7. The van der Waals surface area contributed by atoms with E-state index in [0.717, 1.165) is 25.3 Å². The maximum atomic E-state index is 10.0. The Hall–Kier alpha value is -0.0800. The summed E-state index contributed by atoms with van der Waals surface area (Å²) in [5.41, 5.74) is 0.562. The van der Waals surface area contributed by atoms with Gasteiger partial charge in [0.1, 0.15) is 0 Å². The van der Waals surface area contributed by atoms with Crippen molar-refractivity contribution in [1.29, 1.82) is 0 Å². The molecule has 2 nitrogen and oxygen atoms in total. The zero-order valence-corrected chi connectivity index (χ0v) is 10.8. The molecule has 2 unspecified atom stereocenters. The topological polar surface area (TPSA) is 32.3 Å². The highest BCUT2D eigenvalue weighted by molar-refractivity contribution is 4.98. The molecule has 0 aromatic heterocycles. The standard InChI is InChI=1S/C14H27NO/c1-11(2)14(8-9-14)10-15-12-6-4-3-5-7-13(12)16/h11-13,15-16H,3-10H2,1-2H3. The van der Waals surface area contributed by atoms with E-state index in [1.165, 1.54) is 32.1 Å². The highest BCUT2D eigenvalue weighted by atomic mass is 16.3. The molecule has 2 saturated carbocycles. The predicted octanol–water partition coefficient (Wildman–Crippen LogP) is 2.71. The Labute approximate surface area is 99.8 Å². The SMILES string of the molecule is CC(C)C1(CNC2CCCCCC2O)CC1. The molecular weight excluding hydrogens is 198 g/mol. The Bertz CT molecular complexity index is 223. The average molecular weight is 225 g/mol. The molecule has 16 heavy (non-hydrogen) atoms. The lowest BCUT2D eigenvalue weighted by atomic mass is 9.91. The van der Waals surface area contributed by atoms with Crippen molar-refractivity contribution in [2.45, 2.75) is 70.9 Å². The molecule has 0 spiro atoms. The molecule has 0 aromatic carbocycles. The average Bonchev–Trinajstić information content (AvgIpc) is 3.02. The lowest BCUT2D eigenvalue weighted by Gasteiger charge is -2.27. The Balaban J connectivity index is 1.80. The number of hydrogen-bond acceptors (Lipinski definition) is 2. The van der Waals surface area contributed by atoms with Gasteiger partial charge in [0.05, 0.1) is 6.10 Å². The zero-order chi connectivity index (χ0) is 11.6. The van der Waals surface area contributed by atoms with Crippen LogP contribution in [0.4, 0.5) is 0 Å². The second kappa shape index (κ2) is 5.05. The fraction of sp³-hybridized carbons (Fsp3) is 1.00. The minimum Gasteiger partial charge on any atom is -0.392 e. The molecule has 2 atom stereocenters. The molecule has 0 amide bonds. The van der Waals surface area contributed by atoms with Crippen LogP contribution in [-0.4, -0.2) is 23.8 Å². The maximum Gasteiger partial charge on any atom is 0.0693 e. The van der Waals surface area contributed by atoms with Gasteiger partial charge in [0.2, 0.25) is 0 Å². The summed E-state index contributed by atoms with van der Waals surface area (Å²) in [5.74, 6) is 0.780. The molecule has 2 aliphatic rings. The largest absolute Gasteiger partial charge is 0.392 e. The van der Waals surface area contributed by atoms with Gasteiger partial charge in [-0.1, -0.05) is 33.1 Å². The highest BCUT2D eigenvalue weighted by Crippen LogP contribution is 2.51. The van der Waals surface area contributed by atoms with E-state index in [9.17, 15) is 5.11 Å². The monoisotopic (exact) mass is 225 g/mol. The molecule has 94 valence electrons. The summed E-state index contributed by atoms with van der Waals surface area (Å²) in [6.45, 7) is 5.78. The second-order valence-corrected chi connectivity index (χ2v) is 6.21. The Morgan fingerprint density at radius 2 is 1.88 bits per heavy atom. The lowest BCUT2D eigenvalue weighted by molar-refractivity contribution is 0.114. The van der Waals surface area contributed by atoms with E-state index in [0.29, 0.717) is 11.5 Å². The minimum absolute atomic E-state index is 0.106. The van der Waals surface area contributed by atoms with Crippen molar-refractivity contribution in [3.8, 4) is 0 Å². The van der Waals surface area contributed by atoms with Gasteiger partial charge < -0.3 is 10.4 Å². The molecular formula is C14H27NO. The van der Waals surface area contributed by atoms with Crippen LogP contribution in [0.15, 0.2) is 0 Å². The van der Waals surface area contributed by atoms with Crippen molar-refractivity contribution >= 4 is 0 Å². The van der Waals surface area contributed by atoms with Crippen molar-refractivity contribution in [2.75, 3.05) is 6.54 Å². The van der Waals surface area contributed by atoms with Crippen LogP contribution in [0.1, 0.15) is 58.8 Å². The van der Waals surface area contributed by atoms with Crippen molar-refractivity contribution in [2.24, 2.45) is 11.3 Å². The normalized spacial score (nSPS) is 33.8. The van der Waals surface area contributed by atoms with Crippen LogP contribution in [0.3, 0.4) is 0 Å². The molecule has 0 aliphatic heterocycles. The Kier molecular flexibility index (Phi) is 3.91. The van der Waals surface area contributed by atoms with Crippen molar-refractivity contribution in [3.63, 3.8) is 0 Å². The summed E-state index contributed by atoms with van der Waals surface area (Å²) < 4.78 is 0. The first kappa shape index (κ1) is 12.4. The molecule has 0 saturated heterocycles. The summed E-state index contributed by atoms with van der Waals surface area (Å²) in [6.07, 6.45) is 8.58. The third-order valence-electron chi connectivity index (χ3n) is 4.81. The molecule has 0 heterocycles. The van der Waals surface area contributed by atoms with Gasteiger partial charge in [-0.15, -0.1) is 0 Å². The van der Waals surface area contributed by atoms with E-state index < -0.39 is 0 Å². The second-order valence-electron chi connectivity index (χ2n) is 6.21. The van der Waals surface area contributed by atoms with E-state index in [1.54, 1.807) is 0 Å². The molecule has 2 heteroatoms. The van der Waals surface area contributed by atoms with Crippen LogP contribution < -0.4 is 5.32 Å². The van der Waals surface area contributed by atoms with Gasteiger partial charge in [-0.05, 0) is 37.0 Å². The van der Waals surface area contributed by atoms with Gasteiger partial charge in [-0.2, -0.15) is 0 Å². The first-order valence-electron chi connectivity index (χ1n) is 7.05. The van der Waals surface area contributed by atoms with Gasteiger partial charge in [0.15, 0.2) is 0 Å². The van der Waals surface area contributed by atoms with Crippen LogP contribution >= 0.6 is 0 Å². The lowest BCUT2D eigenvalue weighted by Crippen LogP contribution is -2.42. The number of aliphatic hydroxyl groups is 1. The third kappa shape index (κ3) is 2.78. The van der Waals surface area contributed by atoms with Crippen molar-refractivity contribution in [1.82, 2.24) is 5.32 Å². The van der Waals surface area contributed by atoms with Crippen LogP contribution in [0, 0.1) is 11.3 Å². The van der Waals surface area contributed by atoms with E-state index >= 15 is 0 Å². The minimum atomic E-state index is -0.106. The Morgan fingerprint density at radius 3 is 2.50 bits per heavy atom. The predicted molar refractivity (Wildman–Crippen MR) is 67.4 cm³/mol. The van der Waals surface area contributed by atoms with E-state index in [-0.39, 0.29) is 6.10 Å². The van der Waals surface area contributed by atoms with Crippen LogP contribution in [0.5, 0.6) is 0 Å². The van der Waals surface area contributed by atoms with Crippen molar-refractivity contribution in [3.05, 3.63) is 0 Å². The summed E-state index contributed by atoms with van der Waals surface area (Å²) in [4.78, 5) is 0. The van der Waals surface area contributed by atoms with Gasteiger partial charge in [0.25, 0.3) is 0 Å². The van der Waals surface area contributed by atoms with E-state index in [1.807, 2.05) is 0 Å². The number of hydrogen-bond donors (Lipinski definition) is 2. The molecule has 0 bridgehead atoms. The molecule has 2 N–H and O–H groups in total. The fourth-order valence-electron chi connectivity index (χ4n) is 2.98. The smallest absolute Gasteiger partial charge is 0.0693 e. The van der Waals surface area contributed by atoms with Gasteiger partial charge in [-0.25, -0.2) is 0 Å². The van der Waals surface area contributed by atoms with Crippen LogP contribution in [-0.2, 0) is 0 Å². The summed E-state index contributed by atoms with van der Waals surface area (Å²) >= 11 is 0. The molecule has 2 aliphatic carbocycles. The quantitative estimate of drug-likeness (QED) is 0.721.